The number of amides is 1. The van der Waals surface area contributed by atoms with Crippen molar-refractivity contribution in [3.63, 3.8) is 0 Å². The Labute approximate surface area is 179 Å². The number of carboxylic acids is 1. The standard InChI is InChI=1S/C23H26F3NO4/c1-6-27(14(2)28)13-15-11-17(23(24,25)26)7-9-18(15)19-12-16(8-10-20(19)31-5)22(3,4)21(29)30/h7-12H,6,13H2,1-5H3,(H,29,30). The van der Waals surface area contributed by atoms with E-state index in [1.807, 2.05) is 0 Å². The molecule has 0 spiro atoms. The van der Waals surface area contributed by atoms with Crippen LogP contribution in [0.3, 0.4) is 0 Å². The lowest BCUT2D eigenvalue weighted by Gasteiger charge is -2.24. The van der Waals surface area contributed by atoms with Crippen molar-refractivity contribution in [2.75, 3.05) is 13.7 Å². The van der Waals surface area contributed by atoms with Gasteiger partial charge in [0.1, 0.15) is 5.75 Å². The first kappa shape index (κ1) is 24.2. The molecule has 1 N–H and O–H groups in total. The van der Waals surface area contributed by atoms with Crippen LogP contribution in [0, 0.1) is 0 Å². The summed E-state index contributed by atoms with van der Waals surface area (Å²) in [6, 6.07) is 8.16. The minimum absolute atomic E-state index is 0.0270. The number of methoxy groups -OCH3 is 1. The van der Waals surface area contributed by atoms with Crippen LogP contribution in [-0.2, 0) is 27.7 Å². The van der Waals surface area contributed by atoms with E-state index in [1.165, 1.54) is 25.0 Å². The van der Waals surface area contributed by atoms with Gasteiger partial charge in [-0.25, -0.2) is 0 Å². The third-order valence-corrected chi connectivity index (χ3v) is 5.37. The van der Waals surface area contributed by atoms with Gasteiger partial charge in [-0.2, -0.15) is 13.2 Å². The van der Waals surface area contributed by atoms with Crippen LogP contribution in [0.25, 0.3) is 11.1 Å². The van der Waals surface area contributed by atoms with E-state index in [4.69, 9.17) is 4.74 Å². The first-order valence-electron chi connectivity index (χ1n) is 9.70. The van der Waals surface area contributed by atoms with Crippen LogP contribution in [0.5, 0.6) is 5.75 Å². The van der Waals surface area contributed by atoms with Crippen molar-refractivity contribution >= 4 is 11.9 Å². The molecule has 5 nitrogen and oxygen atoms in total. The molecule has 0 unspecified atom stereocenters. The van der Waals surface area contributed by atoms with Gasteiger partial charge in [-0.05, 0) is 61.7 Å². The van der Waals surface area contributed by atoms with E-state index in [2.05, 4.69) is 0 Å². The number of benzene rings is 2. The first-order valence-corrected chi connectivity index (χ1v) is 9.70. The predicted molar refractivity (Wildman–Crippen MR) is 111 cm³/mol. The zero-order valence-corrected chi connectivity index (χ0v) is 18.1. The Morgan fingerprint density at radius 2 is 1.65 bits per heavy atom. The van der Waals surface area contributed by atoms with E-state index in [1.54, 1.807) is 39.0 Å². The van der Waals surface area contributed by atoms with Crippen LogP contribution in [0.2, 0.25) is 0 Å². The molecule has 0 saturated heterocycles. The fourth-order valence-electron chi connectivity index (χ4n) is 3.25. The van der Waals surface area contributed by atoms with Gasteiger partial charge >= 0.3 is 12.1 Å². The van der Waals surface area contributed by atoms with Crippen molar-refractivity contribution in [1.82, 2.24) is 4.90 Å². The molecule has 0 aliphatic heterocycles. The van der Waals surface area contributed by atoms with Crippen molar-refractivity contribution in [1.29, 1.82) is 0 Å². The number of rotatable bonds is 7. The Hall–Kier alpha value is -3.03. The van der Waals surface area contributed by atoms with E-state index >= 15 is 0 Å². The van der Waals surface area contributed by atoms with Gasteiger partial charge in [0.2, 0.25) is 5.91 Å². The fourth-order valence-corrected chi connectivity index (χ4v) is 3.25. The van der Waals surface area contributed by atoms with E-state index in [0.717, 1.165) is 12.1 Å². The van der Waals surface area contributed by atoms with Gasteiger partial charge in [-0.3, -0.25) is 9.59 Å². The zero-order chi connectivity index (χ0) is 23.6. The van der Waals surface area contributed by atoms with Gasteiger partial charge in [0, 0.05) is 25.6 Å². The second kappa shape index (κ2) is 8.99. The lowest BCUT2D eigenvalue weighted by atomic mass is 9.82. The number of ether oxygens (including phenoxy) is 1. The molecule has 0 aliphatic carbocycles. The van der Waals surface area contributed by atoms with Crippen LogP contribution >= 0.6 is 0 Å². The molecular formula is C23H26F3NO4. The number of hydrogen-bond donors (Lipinski definition) is 1. The lowest BCUT2D eigenvalue weighted by molar-refractivity contribution is -0.142. The Kier molecular flexibility index (Phi) is 7.03. The second-order valence-electron chi connectivity index (χ2n) is 7.75. The van der Waals surface area contributed by atoms with Gasteiger partial charge in [0.05, 0.1) is 18.1 Å². The molecule has 8 heteroatoms. The summed E-state index contributed by atoms with van der Waals surface area (Å²) < 4.78 is 45.5. The molecule has 0 aromatic heterocycles. The number of carbonyl (C=O) groups is 2. The van der Waals surface area contributed by atoms with E-state index < -0.39 is 23.1 Å². The van der Waals surface area contributed by atoms with Gasteiger partial charge in [-0.1, -0.05) is 12.1 Å². The summed E-state index contributed by atoms with van der Waals surface area (Å²) in [4.78, 5) is 25.0. The van der Waals surface area contributed by atoms with Crippen LogP contribution in [0.4, 0.5) is 13.2 Å². The molecule has 0 heterocycles. The Bertz CT molecular complexity index is 983. The number of carbonyl (C=O) groups excluding carboxylic acids is 1. The number of hydrogen-bond acceptors (Lipinski definition) is 3. The van der Waals surface area contributed by atoms with Crippen LogP contribution in [0.1, 0.15) is 44.4 Å². The molecule has 2 rings (SSSR count). The average Bonchev–Trinajstić information content (AvgIpc) is 2.70. The number of aliphatic carboxylic acids is 1. The van der Waals surface area contributed by atoms with Crippen LogP contribution in [-0.4, -0.2) is 35.5 Å². The van der Waals surface area contributed by atoms with Gasteiger partial charge in [-0.15, -0.1) is 0 Å². The minimum atomic E-state index is -4.54. The van der Waals surface area contributed by atoms with Crippen molar-refractivity contribution < 1.29 is 32.6 Å². The molecule has 2 aromatic rings. The number of halogens is 3. The van der Waals surface area contributed by atoms with E-state index in [-0.39, 0.29) is 18.0 Å². The van der Waals surface area contributed by atoms with Crippen molar-refractivity contribution in [2.24, 2.45) is 0 Å². The molecule has 0 bridgehead atoms. The molecule has 31 heavy (non-hydrogen) atoms. The SMILES string of the molecule is CCN(Cc1cc(C(F)(F)F)ccc1-c1cc(C(C)(C)C(=O)O)ccc1OC)C(C)=O. The predicted octanol–water partition coefficient (Wildman–Crippen LogP) is 5.11. The quantitative estimate of drug-likeness (QED) is 0.654. The molecule has 0 aliphatic rings. The van der Waals surface area contributed by atoms with Crippen molar-refractivity contribution in [3.05, 3.63) is 53.1 Å². The number of carboxylic acid groups (broad SMARTS) is 1. The second-order valence-corrected chi connectivity index (χ2v) is 7.75. The third kappa shape index (κ3) is 5.18. The molecule has 1 amide bonds. The number of nitrogens with zero attached hydrogens (tertiary/aromatic N) is 1. The highest BCUT2D eigenvalue weighted by Gasteiger charge is 2.33. The molecule has 168 valence electrons. The lowest BCUT2D eigenvalue weighted by Crippen LogP contribution is -2.29. The summed E-state index contributed by atoms with van der Waals surface area (Å²) in [5, 5.41) is 9.57. The Morgan fingerprint density at radius 3 is 2.13 bits per heavy atom. The summed E-state index contributed by atoms with van der Waals surface area (Å²) >= 11 is 0. The molecular weight excluding hydrogens is 411 g/mol. The van der Waals surface area contributed by atoms with E-state index in [9.17, 15) is 27.9 Å². The van der Waals surface area contributed by atoms with Crippen molar-refractivity contribution in [2.45, 2.75) is 45.8 Å². The summed E-state index contributed by atoms with van der Waals surface area (Å²) in [7, 11) is 1.43. The Morgan fingerprint density at radius 1 is 1.03 bits per heavy atom. The maximum atomic E-state index is 13.4. The third-order valence-electron chi connectivity index (χ3n) is 5.37. The molecule has 2 aromatic carbocycles. The molecule has 0 saturated carbocycles. The summed E-state index contributed by atoms with van der Waals surface area (Å²) in [5.41, 5.74) is -0.393. The largest absolute Gasteiger partial charge is 0.496 e. The normalized spacial score (nSPS) is 11.9. The van der Waals surface area contributed by atoms with Crippen molar-refractivity contribution in [3.8, 4) is 16.9 Å². The number of alkyl halides is 3. The summed E-state index contributed by atoms with van der Waals surface area (Å²) in [6.07, 6.45) is -4.54. The summed E-state index contributed by atoms with van der Waals surface area (Å²) in [6.45, 7) is 6.49. The zero-order valence-electron chi connectivity index (χ0n) is 18.1. The summed E-state index contributed by atoms with van der Waals surface area (Å²) in [5.74, 6) is -0.916. The first-order chi connectivity index (χ1) is 14.3. The average molecular weight is 437 g/mol. The highest BCUT2D eigenvalue weighted by molar-refractivity contribution is 5.83. The van der Waals surface area contributed by atoms with Gasteiger partial charge in [0.25, 0.3) is 0 Å². The monoisotopic (exact) mass is 437 g/mol. The van der Waals surface area contributed by atoms with Gasteiger partial charge in [0.15, 0.2) is 0 Å². The van der Waals surface area contributed by atoms with Crippen LogP contribution in [0.15, 0.2) is 36.4 Å². The van der Waals surface area contributed by atoms with Crippen LogP contribution < -0.4 is 4.74 Å². The maximum Gasteiger partial charge on any atom is 0.416 e. The fraction of sp³-hybridized carbons (Fsp3) is 0.391. The van der Waals surface area contributed by atoms with Gasteiger partial charge < -0.3 is 14.7 Å². The molecule has 0 atom stereocenters. The highest BCUT2D eigenvalue weighted by atomic mass is 19.4. The topological polar surface area (TPSA) is 66.8 Å². The highest BCUT2D eigenvalue weighted by Crippen LogP contribution is 2.39. The van der Waals surface area contributed by atoms with E-state index in [0.29, 0.717) is 29.0 Å². The molecule has 0 fully saturated rings. The maximum absolute atomic E-state index is 13.4. The Balaban J connectivity index is 2.76. The molecule has 0 radical (unpaired) electrons. The smallest absolute Gasteiger partial charge is 0.416 e. The minimum Gasteiger partial charge on any atom is -0.496 e.